The maximum absolute atomic E-state index is 12.3. The minimum absolute atomic E-state index is 0. The van der Waals surface area contributed by atoms with E-state index < -0.39 is 0 Å². The average molecular weight is 336 g/mol. The van der Waals surface area contributed by atoms with Gasteiger partial charge in [-0.3, -0.25) is 4.79 Å². The van der Waals surface area contributed by atoms with E-state index in [0.29, 0.717) is 18.3 Å². The SMILES string of the molecule is Cc1cc2cc(NC(=O)CC(C)C3CCNCC3)ccc2[nH]1.Cl. The summed E-state index contributed by atoms with van der Waals surface area (Å²) < 4.78 is 0. The number of fused-ring (bicyclic) bond motifs is 1. The summed E-state index contributed by atoms with van der Waals surface area (Å²) in [5.41, 5.74) is 3.13. The van der Waals surface area contributed by atoms with E-state index in [4.69, 9.17) is 0 Å². The molecule has 1 atom stereocenters. The van der Waals surface area contributed by atoms with E-state index in [9.17, 15) is 4.79 Å². The van der Waals surface area contributed by atoms with Crippen molar-refractivity contribution in [1.29, 1.82) is 0 Å². The molecule has 3 N–H and O–H groups in total. The number of piperidine rings is 1. The molecule has 3 rings (SSSR count). The Kier molecular flexibility index (Phi) is 6.08. The molecule has 1 aromatic heterocycles. The fourth-order valence-electron chi connectivity index (χ4n) is 3.44. The summed E-state index contributed by atoms with van der Waals surface area (Å²) >= 11 is 0. The van der Waals surface area contributed by atoms with Gasteiger partial charge in [-0.25, -0.2) is 0 Å². The number of aromatic amines is 1. The zero-order valence-corrected chi connectivity index (χ0v) is 14.6. The van der Waals surface area contributed by atoms with Crippen LogP contribution in [0.1, 0.15) is 31.9 Å². The second-order valence-corrected chi connectivity index (χ2v) is 6.57. The summed E-state index contributed by atoms with van der Waals surface area (Å²) in [7, 11) is 0. The highest BCUT2D eigenvalue weighted by Gasteiger charge is 2.22. The third kappa shape index (κ3) is 4.49. The maximum Gasteiger partial charge on any atom is 0.224 e. The number of hydrogen-bond donors (Lipinski definition) is 3. The molecule has 1 aromatic carbocycles. The minimum Gasteiger partial charge on any atom is -0.359 e. The first-order valence-electron chi connectivity index (χ1n) is 8.22. The van der Waals surface area contributed by atoms with Crippen molar-refractivity contribution in [2.45, 2.75) is 33.1 Å². The van der Waals surface area contributed by atoms with Gasteiger partial charge in [0.15, 0.2) is 0 Å². The first-order chi connectivity index (χ1) is 10.6. The highest BCUT2D eigenvalue weighted by atomic mass is 35.5. The molecule has 4 nitrogen and oxygen atoms in total. The van der Waals surface area contributed by atoms with Crippen LogP contribution in [0.3, 0.4) is 0 Å². The van der Waals surface area contributed by atoms with E-state index in [1.54, 1.807) is 0 Å². The molecule has 2 heterocycles. The Bertz CT molecular complexity index is 661. The Labute approximate surface area is 143 Å². The molecule has 0 bridgehead atoms. The summed E-state index contributed by atoms with van der Waals surface area (Å²) in [4.78, 5) is 15.6. The molecule has 5 heteroatoms. The number of aromatic nitrogens is 1. The zero-order chi connectivity index (χ0) is 15.5. The van der Waals surface area contributed by atoms with Gasteiger partial charge >= 0.3 is 0 Å². The molecule has 1 aliphatic heterocycles. The summed E-state index contributed by atoms with van der Waals surface area (Å²) in [6, 6.07) is 8.12. The van der Waals surface area contributed by atoms with E-state index in [-0.39, 0.29) is 18.3 Å². The molecule has 2 aromatic rings. The number of carbonyl (C=O) groups is 1. The average Bonchev–Trinajstić information content (AvgIpc) is 2.87. The predicted octanol–water partition coefficient (Wildman–Crippen LogP) is 3.86. The Balaban J connectivity index is 0.00000192. The summed E-state index contributed by atoms with van der Waals surface area (Å²) in [5, 5.41) is 7.56. The van der Waals surface area contributed by atoms with Crippen LogP contribution in [0.2, 0.25) is 0 Å². The monoisotopic (exact) mass is 335 g/mol. The normalized spacial score (nSPS) is 16.8. The quantitative estimate of drug-likeness (QED) is 0.794. The second kappa shape index (κ2) is 7.84. The second-order valence-electron chi connectivity index (χ2n) is 6.57. The Morgan fingerprint density at radius 2 is 2.04 bits per heavy atom. The van der Waals surface area contributed by atoms with Crippen molar-refractivity contribution in [2.75, 3.05) is 18.4 Å². The van der Waals surface area contributed by atoms with Gasteiger partial charge in [0.2, 0.25) is 5.91 Å². The third-order valence-corrected chi connectivity index (χ3v) is 4.74. The molecule has 1 amide bonds. The molecular formula is C18H26ClN3O. The van der Waals surface area contributed by atoms with Gasteiger partial charge in [-0.05, 0) is 69.0 Å². The molecule has 0 saturated carbocycles. The fraction of sp³-hybridized carbons (Fsp3) is 0.500. The lowest BCUT2D eigenvalue weighted by Gasteiger charge is -2.27. The molecule has 1 aliphatic rings. The number of amides is 1. The first kappa shape index (κ1) is 17.8. The number of halogens is 1. The van der Waals surface area contributed by atoms with Crippen LogP contribution in [0, 0.1) is 18.8 Å². The summed E-state index contributed by atoms with van der Waals surface area (Å²) in [5.74, 6) is 1.24. The van der Waals surface area contributed by atoms with Crippen LogP contribution in [-0.2, 0) is 4.79 Å². The molecule has 0 aliphatic carbocycles. The number of H-pyrrole nitrogens is 1. The van der Waals surface area contributed by atoms with Gasteiger partial charge in [0.25, 0.3) is 0 Å². The third-order valence-electron chi connectivity index (χ3n) is 4.74. The van der Waals surface area contributed by atoms with Crippen LogP contribution in [-0.4, -0.2) is 24.0 Å². The van der Waals surface area contributed by atoms with Gasteiger partial charge in [0, 0.05) is 28.7 Å². The van der Waals surface area contributed by atoms with Crippen molar-refractivity contribution in [3.63, 3.8) is 0 Å². The fourth-order valence-corrected chi connectivity index (χ4v) is 3.44. The maximum atomic E-state index is 12.3. The van der Waals surface area contributed by atoms with E-state index in [1.807, 2.05) is 25.1 Å². The van der Waals surface area contributed by atoms with Gasteiger partial charge < -0.3 is 15.6 Å². The highest BCUT2D eigenvalue weighted by Crippen LogP contribution is 2.25. The number of benzene rings is 1. The smallest absolute Gasteiger partial charge is 0.224 e. The molecule has 1 unspecified atom stereocenters. The number of hydrogen-bond acceptors (Lipinski definition) is 2. The van der Waals surface area contributed by atoms with Crippen LogP contribution in [0.5, 0.6) is 0 Å². The van der Waals surface area contributed by atoms with Gasteiger partial charge in [-0.2, -0.15) is 0 Å². The van der Waals surface area contributed by atoms with E-state index in [1.165, 1.54) is 12.8 Å². The van der Waals surface area contributed by atoms with E-state index in [2.05, 4.69) is 28.6 Å². The van der Waals surface area contributed by atoms with Crippen LogP contribution < -0.4 is 10.6 Å². The van der Waals surface area contributed by atoms with Gasteiger partial charge in [0.1, 0.15) is 0 Å². The number of anilines is 1. The van der Waals surface area contributed by atoms with Gasteiger partial charge in [0.05, 0.1) is 0 Å². The lowest BCUT2D eigenvalue weighted by Crippen LogP contribution is -2.32. The Hall–Kier alpha value is -1.52. The van der Waals surface area contributed by atoms with Crippen LogP contribution in [0.25, 0.3) is 10.9 Å². The van der Waals surface area contributed by atoms with Gasteiger partial charge in [-0.1, -0.05) is 6.92 Å². The van der Waals surface area contributed by atoms with E-state index >= 15 is 0 Å². The van der Waals surface area contributed by atoms with Crippen molar-refractivity contribution in [3.05, 3.63) is 30.0 Å². The molecule has 0 radical (unpaired) electrons. The number of aryl methyl sites for hydroxylation is 1. The Morgan fingerprint density at radius 3 is 2.78 bits per heavy atom. The molecule has 0 spiro atoms. The summed E-state index contributed by atoms with van der Waals surface area (Å²) in [6.07, 6.45) is 2.97. The highest BCUT2D eigenvalue weighted by molar-refractivity contribution is 5.94. The largest absolute Gasteiger partial charge is 0.359 e. The van der Waals surface area contributed by atoms with Crippen molar-refractivity contribution in [3.8, 4) is 0 Å². The molecule has 1 saturated heterocycles. The van der Waals surface area contributed by atoms with Crippen molar-refractivity contribution >= 4 is 34.9 Å². The number of rotatable bonds is 4. The molecular weight excluding hydrogens is 310 g/mol. The Morgan fingerprint density at radius 1 is 1.30 bits per heavy atom. The zero-order valence-electron chi connectivity index (χ0n) is 13.8. The molecule has 1 fully saturated rings. The predicted molar refractivity (Wildman–Crippen MR) is 98.3 cm³/mol. The van der Waals surface area contributed by atoms with Crippen molar-refractivity contribution in [2.24, 2.45) is 11.8 Å². The first-order valence-corrected chi connectivity index (χ1v) is 8.22. The number of nitrogens with one attached hydrogen (secondary N) is 3. The lowest BCUT2D eigenvalue weighted by molar-refractivity contribution is -0.117. The molecule has 23 heavy (non-hydrogen) atoms. The van der Waals surface area contributed by atoms with Crippen LogP contribution >= 0.6 is 12.4 Å². The molecule has 126 valence electrons. The topological polar surface area (TPSA) is 56.9 Å². The van der Waals surface area contributed by atoms with Gasteiger partial charge in [-0.15, -0.1) is 12.4 Å². The van der Waals surface area contributed by atoms with Crippen LogP contribution in [0.15, 0.2) is 24.3 Å². The lowest BCUT2D eigenvalue weighted by atomic mass is 9.84. The van der Waals surface area contributed by atoms with Crippen molar-refractivity contribution in [1.82, 2.24) is 10.3 Å². The summed E-state index contributed by atoms with van der Waals surface area (Å²) in [6.45, 7) is 6.41. The van der Waals surface area contributed by atoms with Crippen molar-refractivity contribution < 1.29 is 4.79 Å². The number of carbonyl (C=O) groups excluding carboxylic acids is 1. The van der Waals surface area contributed by atoms with Crippen LogP contribution in [0.4, 0.5) is 5.69 Å². The minimum atomic E-state index is 0. The standard InChI is InChI=1S/C18H25N3O.ClH/c1-12(14-5-7-19-8-6-14)9-18(22)21-16-3-4-17-15(11-16)10-13(2)20-17;/h3-4,10-12,14,19-20H,5-9H2,1-2H3,(H,21,22);1H. The van der Waals surface area contributed by atoms with E-state index in [0.717, 1.165) is 35.4 Å².